The van der Waals surface area contributed by atoms with Gasteiger partial charge in [-0.2, -0.15) is 0 Å². The average Bonchev–Trinajstić information content (AvgIpc) is 2.38. The van der Waals surface area contributed by atoms with Gasteiger partial charge in [-0.1, -0.05) is 12.5 Å². The molecule has 1 aromatic heterocycles. The predicted octanol–water partition coefficient (Wildman–Crippen LogP) is 3.74. The van der Waals surface area contributed by atoms with E-state index >= 15 is 0 Å². The molecule has 2 rings (SSSR count). The van der Waals surface area contributed by atoms with Gasteiger partial charge in [-0.25, -0.2) is 4.98 Å². The van der Waals surface area contributed by atoms with Crippen LogP contribution in [-0.2, 0) is 0 Å². The summed E-state index contributed by atoms with van der Waals surface area (Å²) in [6, 6.07) is 5.52. The monoisotopic (exact) mass is 250 g/mol. The van der Waals surface area contributed by atoms with Crippen molar-refractivity contribution in [3.05, 3.63) is 23.9 Å². The lowest BCUT2D eigenvalue weighted by Crippen LogP contribution is -2.38. The van der Waals surface area contributed by atoms with Crippen LogP contribution in [0.3, 0.4) is 0 Å². The molecular weight excluding hydrogens is 228 g/mol. The molecular formula is C14H22N2S. The fourth-order valence-electron chi connectivity index (χ4n) is 2.73. The molecule has 0 aliphatic carbocycles. The Labute approximate surface area is 109 Å². The molecule has 17 heavy (non-hydrogen) atoms. The molecule has 94 valence electrons. The van der Waals surface area contributed by atoms with E-state index in [0.717, 1.165) is 0 Å². The third-order valence-electron chi connectivity index (χ3n) is 3.56. The zero-order chi connectivity index (χ0) is 12.3. The second-order valence-corrected chi connectivity index (χ2v) is 5.74. The molecule has 0 aromatic carbocycles. The maximum absolute atomic E-state index is 4.50. The van der Waals surface area contributed by atoms with Gasteiger partial charge in [0.1, 0.15) is 5.03 Å². The van der Waals surface area contributed by atoms with Gasteiger partial charge < -0.3 is 0 Å². The van der Waals surface area contributed by atoms with Gasteiger partial charge in [0.15, 0.2) is 0 Å². The minimum atomic E-state index is 0.569. The van der Waals surface area contributed by atoms with E-state index in [4.69, 9.17) is 0 Å². The van der Waals surface area contributed by atoms with Crippen molar-refractivity contribution in [2.45, 2.75) is 50.2 Å². The first-order valence-electron chi connectivity index (χ1n) is 6.48. The SMILES string of the molecule is CSc1ncccc1[C@H]1CCCCN1C(C)C. The summed E-state index contributed by atoms with van der Waals surface area (Å²) in [7, 11) is 0. The van der Waals surface area contributed by atoms with Gasteiger partial charge in [0.05, 0.1) is 0 Å². The van der Waals surface area contributed by atoms with E-state index in [2.05, 4.69) is 42.1 Å². The second kappa shape index (κ2) is 5.87. The normalized spacial score (nSPS) is 22.0. The number of hydrogen-bond donors (Lipinski definition) is 0. The Morgan fingerprint density at radius 1 is 1.41 bits per heavy atom. The summed E-state index contributed by atoms with van der Waals surface area (Å²) in [5.74, 6) is 0. The highest BCUT2D eigenvalue weighted by atomic mass is 32.2. The number of thioether (sulfide) groups is 1. The zero-order valence-electron chi connectivity index (χ0n) is 11.0. The fraction of sp³-hybridized carbons (Fsp3) is 0.643. The summed E-state index contributed by atoms with van der Waals surface area (Å²) in [5, 5.41) is 1.20. The van der Waals surface area contributed by atoms with Crippen LogP contribution in [0.1, 0.15) is 44.7 Å². The lowest BCUT2D eigenvalue weighted by molar-refractivity contribution is 0.110. The molecule has 1 aliphatic rings. The molecule has 2 heterocycles. The molecule has 1 fully saturated rings. The van der Waals surface area contributed by atoms with Gasteiger partial charge in [0.25, 0.3) is 0 Å². The van der Waals surface area contributed by atoms with Crippen molar-refractivity contribution in [1.29, 1.82) is 0 Å². The summed E-state index contributed by atoms with van der Waals surface area (Å²) in [5.41, 5.74) is 1.42. The number of hydrogen-bond acceptors (Lipinski definition) is 3. The molecule has 0 amide bonds. The van der Waals surface area contributed by atoms with E-state index < -0.39 is 0 Å². The molecule has 1 aromatic rings. The topological polar surface area (TPSA) is 16.1 Å². The Bertz CT molecular complexity index is 365. The first-order valence-corrected chi connectivity index (χ1v) is 7.71. The van der Waals surface area contributed by atoms with Crippen LogP contribution in [-0.4, -0.2) is 28.7 Å². The molecule has 2 nitrogen and oxygen atoms in total. The van der Waals surface area contributed by atoms with Crippen LogP contribution in [0.25, 0.3) is 0 Å². The van der Waals surface area contributed by atoms with Crippen molar-refractivity contribution in [3.63, 3.8) is 0 Å². The van der Waals surface area contributed by atoms with E-state index in [-0.39, 0.29) is 0 Å². The Morgan fingerprint density at radius 2 is 2.24 bits per heavy atom. The maximum atomic E-state index is 4.50. The molecule has 0 spiro atoms. The first kappa shape index (κ1) is 12.9. The Hall–Kier alpha value is -0.540. The molecule has 1 aliphatic heterocycles. The molecule has 0 bridgehead atoms. The highest BCUT2D eigenvalue weighted by molar-refractivity contribution is 7.98. The number of pyridine rings is 1. The van der Waals surface area contributed by atoms with Crippen LogP contribution in [0.5, 0.6) is 0 Å². The molecule has 3 heteroatoms. The molecule has 0 unspecified atom stereocenters. The summed E-state index contributed by atoms with van der Waals surface area (Å²) in [6.45, 7) is 5.83. The molecule has 1 atom stereocenters. The highest BCUT2D eigenvalue weighted by Gasteiger charge is 2.27. The number of rotatable bonds is 3. The van der Waals surface area contributed by atoms with Gasteiger partial charge in [-0.15, -0.1) is 11.8 Å². The average molecular weight is 250 g/mol. The summed E-state index contributed by atoms with van der Waals surface area (Å²) in [6.07, 6.45) is 7.98. The van der Waals surface area contributed by atoms with Crippen molar-refractivity contribution in [2.24, 2.45) is 0 Å². The predicted molar refractivity (Wildman–Crippen MR) is 74.5 cm³/mol. The van der Waals surface area contributed by atoms with Crippen molar-refractivity contribution in [1.82, 2.24) is 9.88 Å². The summed E-state index contributed by atoms with van der Waals surface area (Å²) >= 11 is 1.77. The van der Waals surface area contributed by atoms with E-state index in [1.54, 1.807) is 11.8 Å². The number of nitrogens with zero attached hydrogens (tertiary/aromatic N) is 2. The maximum Gasteiger partial charge on any atom is 0.100 e. The van der Waals surface area contributed by atoms with Crippen LogP contribution in [0.15, 0.2) is 23.4 Å². The van der Waals surface area contributed by atoms with E-state index in [9.17, 15) is 0 Å². The Balaban J connectivity index is 2.29. The van der Waals surface area contributed by atoms with Crippen LogP contribution >= 0.6 is 11.8 Å². The highest BCUT2D eigenvalue weighted by Crippen LogP contribution is 2.35. The smallest absolute Gasteiger partial charge is 0.100 e. The molecule has 0 saturated carbocycles. The van der Waals surface area contributed by atoms with E-state index in [0.29, 0.717) is 12.1 Å². The fourth-order valence-corrected chi connectivity index (χ4v) is 3.34. The van der Waals surface area contributed by atoms with E-state index in [1.807, 2.05) is 6.20 Å². The van der Waals surface area contributed by atoms with Crippen molar-refractivity contribution < 1.29 is 0 Å². The second-order valence-electron chi connectivity index (χ2n) is 4.95. The van der Waals surface area contributed by atoms with Gasteiger partial charge in [0.2, 0.25) is 0 Å². The lowest BCUT2D eigenvalue weighted by Gasteiger charge is -2.39. The minimum Gasteiger partial charge on any atom is -0.294 e. The molecule has 0 N–H and O–H groups in total. The van der Waals surface area contributed by atoms with Crippen molar-refractivity contribution in [3.8, 4) is 0 Å². The van der Waals surface area contributed by atoms with Gasteiger partial charge in [0, 0.05) is 23.8 Å². The van der Waals surface area contributed by atoms with Crippen LogP contribution in [0.4, 0.5) is 0 Å². The van der Waals surface area contributed by atoms with Crippen LogP contribution < -0.4 is 0 Å². The third kappa shape index (κ3) is 2.83. The van der Waals surface area contributed by atoms with Crippen molar-refractivity contribution in [2.75, 3.05) is 12.8 Å². The zero-order valence-corrected chi connectivity index (χ0v) is 11.8. The largest absolute Gasteiger partial charge is 0.294 e. The summed E-state index contributed by atoms with van der Waals surface area (Å²) < 4.78 is 0. The lowest BCUT2D eigenvalue weighted by atomic mass is 9.95. The van der Waals surface area contributed by atoms with Gasteiger partial charge >= 0.3 is 0 Å². The standard InChI is InChI=1S/C14H22N2S/c1-11(2)16-10-5-4-8-13(16)12-7-6-9-15-14(12)17-3/h6-7,9,11,13H,4-5,8,10H2,1-3H3/t13-/m1/s1. The van der Waals surface area contributed by atoms with Crippen LogP contribution in [0.2, 0.25) is 0 Å². The number of likely N-dealkylation sites (tertiary alicyclic amines) is 1. The third-order valence-corrected chi connectivity index (χ3v) is 4.29. The summed E-state index contributed by atoms with van der Waals surface area (Å²) in [4.78, 5) is 7.13. The number of piperidine rings is 1. The van der Waals surface area contributed by atoms with E-state index in [1.165, 1.54) is 36.4 Å². The van der Waals surface area contributed by atoms with Gasteiger partial charge in [-0.3, -0.25) is 4.90 Å². The molecule has 0 radical (unpaired) electrons. The first-order chi connectivity index (χ1) is 8.24. The van der Waals surface area contributed by atoms with Crippen LogP contribution in [0, 0.1) is 0 Å². The Kier molecular flexibility index (Phi) is 4.46. The number of aromatic nitrogens is 1. The Morgan fingerprint density at radius 3 is 2.94 bits per heavy atom. The van der Waals surface area contributed by atoms with Crippen molar-refractivity contribution >= 4 is 11.8 Å². The minimum absolute atomic E-state index is 0.569. The molecule has 1 saturated heterocycles. The quantitative estimate of drug-likeness (QED) is 0.760. The van der Waals surface area contributed by atoms with Gasteiger partial charge in [-0.05, 0) is 45.6 Å².